The molecule has 54 heavy (non-hydrogen) atoms. The van der Waals surface area contributed by atoms with Crippen molar-refractivity contribution in [2.24, 2.45) is 10.3 Å². The van der Waals surface area contributed by atoms with E-state index in [1.165, 1.54) is 75.3 Å². The molecule has 0 atom stereocenters. The minimum atomic E-state index is -4.08. The van der Waals surface area contributed by atoms with Gasteiger partial charge in [-0.05, 0) is 84.6 Å². The molecule has 6 aromatic rings. The molecule has 4 N–H and O–H groups in total. The predicted molar refractivity (Wildman–Crippen MR) is 196 cm³/mol. The highest BCUT2D eigenvalue weighted by Gasteiger charge is 2.23. The Morgan fingerprint density at radius 1 is 0.722 bits per heavy atom. The summed E-state index contributed by atoms with van der Waals surface area (Å²) < 4.78 is 107. The molecule has 0 spiro atoms. The van der Waals surface area contributed by atoms with Gasteiger partial charge in [-0.2, -0.15) is 10.2 Å². The van der Waals surface area contributed by atoms with Crippen LogP contribution in [0.15, 0.2) is 106 Å². The summed E-state index contributed by atoms with van der Waals surface area (Å²) in [4.78, 5) is 2.72. The normalized spacial score (nSPS) is 13.7. The van der Waals surface area contributed by atoms with Gasteiger partial charge in [-0.1, -0.05) is 24.3 Å². The zero-order valence-corrected chi connectivity index (χ0v) is 30.8. The SMILES string of the molecule is Cc1csc(-c2cc(C(F)F)nn2-c2ccc(S(N)(=O)=O)cc2)c1.NS(=O)(=O)c1ccccc1-n1nc(C(F)F)cc1-c1ccc(N2CCOCC2)cc1. The number of rotatable bonds is 9. The zero-order valence-electron chi connectivity index (χ0n) is 28.4. The van der Waals surface area contributed by atoms with Crippen molar-refractivity contribution in [3.8, 4) is 33.2 Å². The molecule has 0 bridgehead atoms. The lowest BCUT2D eigenvalue weighted by Gasteiger charge is -2.28. The molecule has 0 aliphatic carbocycles. The van der Waals surface area contributed by atoms with E-state index in [1.807, 2.05) is 30.5 Å². The lowest BCUT2D eigenvalue weighted by molar-refractivity contribution is 0.122. The third-order valence-corrected chi connectivity index (χ3v) is 11.2. The Hall–Kier alpha value is -4.92. The Labute approximate surface area is 312 Å². The highest BCUT2D eigenvalue weighted by atomic mass is 32.2. The fraction of sp³-hybridized carbons (Fsp3) is 0.200. The average Bonchev–Trinajstić information content (AvgIpc) is 3.91. The van der Waals surface area contributed by atoms with Gasteiger partial charge in [-0.3, -0.25) is 0 Å². The maximum atomic E-state index is 13.4. The van der Waals surface area contributed by atoms with E-state index in [9.17, 15) is 34.4 Å². The number of anilines is 1. The molecule has 1 aliphatic rings. The fourth-order valence-electron chi connectivity index (χ4n) is 5.65. The molecule has 284 valence electrons. The highest BCUT2D eigenvalue weighted by molar-refractivity contribution is 7.89. The topological polar surface area (TPSA) is 168 Å². The molecule has 19 heteroatoms. The van der Waals surface area contributed by atoms with Crippen molar-refractivity contribution in [2.45, 2.75) is 29.6 Å². The quantitative estimate of drug-likeness (QED) is 0.157. The molecule has 0 radical (unpaired) electrons. The van der Waals surface area contributed by atoms with E-state index in [0.29, 0.717) is 35.9 Å². The van der Waals surface area contributed by atoms with Crippen LogP contribution in [0.5, 0.6) is 0 Å². The van der Waals surface area contributed by atoms with E-state index in [2.05, 4.69) is 15.1 Å². The van der Waals surface area contributed by atoms with E-state index >= 15 is 0 Å². The smallest absolute Gasteiger partial charge is 0.282 e. The number of nitrogens with zero attached hydrogens (tertiary/aromatic N) is 5. The number of alkyl halides is 4. The highest BCUT2D eigenvalue weighted by Crippen LogP contribution is 2.34. The monoisotopic (exact) mass is 803 g/mol. The van der Waals surface area contributed by atoms with Gasteiger partial charge in [-0.25, -0.2) is 54.0 Å². The van der Waals surface area contributed by atoms with Gasteiger partial charge in [0.05, 0.1) is 45.7 Å². The third-order valence-electron chi connectivity index (χ3n) is 8.24. The first kappa shape index (κ1) is 38.8. The predicted octanol–water partition coefficient (Wildman–Crippen LogP) is 6.46. The number of aryl methyl sites for hydroxylation is 1. The standard InChI is InChI=1S/C20H20F2N4O3S.C15H13F2N3O2S2/c21-20(22)16-13-18(14-5-7-15(8-6-14)25-9-11-29-12-10-25)26(24-16)17-3-1-2-4-19(17)30(23,27)28;1-9-6-14(23-8-9)13-7-12(15(16)17)19-20(13)10-2-4-11(5-3-10)24(18,21)22/h1-8,13,20H,9-12H2,(H2,23,27,28);2-8,15H,1H3,(H2,18,21,22). The molecule has 1 saturated heterocycles. The summed E-state index contributed by atoms with van der Waals surface area (Å²) in [6, 6.07) is 23.4. The van der Waals surface area contributed by atoms with E-state index < -0.39 is 38.6 Å². The number of halogens is 4. The largest absolute Gasteiger partial charge is 0.378 e. The zero-order chi connectivity index (χ0) is 38.8. The number of benzene rings is 3. The molecule has 12 nitrogen and oxygen atoms in total. The van der Waals surface area contributed by atoms with Gasteiger partial charge in [0.15, 0.2) is 0 Å². The Morgan fingerprint density at radius 2 is 1.30 bits per heavy atom. The summed E-state index contributed by atoms with van der Waals surface area (Å²) in [6.45, 7) is 4.76. The van der Waals surface area contributed by atoms with Crippen LogP contribution in [0, 0.1) is 6.92 Å². The minimum Gasteiger partial charge on any atom is -0.378 e. The number of nitrogens with two attached hydrogens (primary N) is 2. The maximum Gasteiger partial charge on any atom is 0.282 e. The Bertz CT molecular complexity index is 2460. The molecular weight excluding hydrogens is 771 g/mol. The van der Waals surface area contributed by atoms with Gasteiger partial charge >= 0.3 is 0 Å². The number of aromatic nitrogens is 4. The number of morpholine rings is 1. The van der Waals surface area contributed by atoms with E-state index in [4.69, 9.17) is 15.0 Å². The van der Waals surface area contributed by atoms with Crippen LogP contribution < -0.4 is 15.2 Å². The number of hydrogen-bond acceptors (Lipinski definition) is 9. The fourth-order valence-corrected chi connectivity index (χ4v) is 7.78. The molecule has 7 rings (SSSR count). The van der Waals surface area contributed by atoms with Crippen LogP contribution in [0.1, 0.15) is 29.8 Å². The molecular formula is C35H33F4N7O5S3. The number of ether oxygens (including phenoxy) is 1. The molecule has 1 fully saturated rings. The van der Waals surface area contributed by atoms with E-state index in [0.717, 1.165) is 29.2 Å². The molecule has 0 amide bonds. The second-order valence-electron chi connectivity index (χ2n) is 12.0. The van der Waals surface area contributed by atoms with Crippen LogP contribution in [-0.2, 0) is 24.8 Å². The van der Waals surface area contributed by atoms with Crippen LogP contribution in [-0.4, -0.2) is 62.7 Å². The second kappa shape index (κ2) is 15.8. The molecule has 0 unspecified atom stereocenters. The van der Waals surface area contributed by atoms with Crippen LogP contribution in [0.4, 0.5) is 23.2 Å². The Morgan fingerprint density at radius 3 is 1.85 bits per heavy atom. The average molecular weight is 804 g/mol. The van der Waals surface area contributed by atoms with Crippen LogP contribution in [0.3, 0.4) is 0 Å². The van der Waals surface area contributed by atoms with Crippen molar-refractivity contribution in [1.29, 1.82) is 0 Å². The van der Waals surface area contributed by atoms with Crippen LogP contribution in [0.25, 0.3) is 33.2 Å². The first-order valence-electron chi connectivity index (χ1n) is 16.1. The molecule has 4 heterocycles. The molecule has 3 aromatic carbocycles. The Kier molecular flexibility index (Phi) is 11.4. The van der Waals surface area contributed by atoms with Crippen molar-refractivity contribution >= 4 is 37.1 Å². The van der Waals surface area contributed by atoms with Crippen LogP contribution >= 0.6 is 11.3 Å². The summed E-state index contributed by atoms with van der Waals surface area (Å²) in [5.41, 5.74) is 3.28. The summed E-state index contributed by atoms with van der Waals surface area (Å²) in [6.07, 6.45) is -5.51. The van der Waals surface area contributed by atoms with Gasteiger partial charge in [0, 0.05) is 24.3 Å². The van der Waals surface area contributed by atoms with Crippen molar-refractivity contribution in [2.75, 3.05) is 31.2 Å². The van der Waals surface area contributed by atoms with Crippen molar-refractivity contribution in [1.82, 2.24) is 19.6 Å². The first-order chi connectivity index (χ1) is 25.6. The Balaban J connectivity index is 0.000000189. The number of primary sulfonamides is 2. The van der Waals surface area contributed by atoms with Gasteiger partial charge < -0.3 is 9.64 Å². The van der Waals surface area contributed by atoms with Crippen molar-refractivity contribution in [3.63, 3.8) is 0 Å². The van der Waals surface area contributed by atoms with Crippen molar-refractivity contribution < 1.29 is 39.1 Å². The van der Waals surface area contributed by atoms with Crippen molar-refractivity contribution in [3.05, 3.63) is 113 Å². The third kappa shape index (κ3) is 8.72. The molecule has 0 saturated carbocycles. The summed E-state index contributed by atoms with van der Waals surface area (Å²) in [5.74, 6) is 0. The lowest BCUT2D eigenvalue weighted by atomic mass is 10.1. The summed E-state index contributed by atoms with van der Waals surface area (Å²) >= 11 is 1.42. The van der Waals surface area contributed by atoms with Crippen LogP contribution in [0.2, 0.25) is 0 Å². The molecule has 1 aliphatic heterocycles. The minimum absolute atomic E-state index is 0.0546. The first-order valence-corrected chi connectivity index (χ1v) is 20.1. The van der Waals surface area contributed by atoms with Gasteiger partial charge in [0.2, 0.25) is 20.0 Å². The molecule has 3 aromatic heterocycles. The van der Waals surface area contributed by atoms with Gasteiger partial charge in [0.1, 0.15) is 16.3 Å². The number of thiophene rings is 1. The number of sulfonamides is 2. The summed E-state index contributed by atoms with van der Waals surface area (Å²) in [5, 5.41) is 20.2. The summed E-state index contributed by atoms with van der Waals surface area (Å²) in [7, 11) is -7.90. The lowest BCUT2D eigenvalue weighted by Crippen LogP contribution is -2.36. The van der Waals surface area contributed by atoms with Gasteiger partial charge in [-0.15, -0.1) is 11.3 Å². The maximum absolute atomic E-state index is 13.4. The number of para-hydroxylation sites is 1. The van der Waals surface area contributed by atoms with E-state index in [1.54, 1.807) is 18.2 Å². The number of hydrogen-bond donors (Lipinski definition) is 2. The second-order valence-corrected chi connectivity index (χ2v) is 16.0. The van der Waals surface area contributed by atoms with Gasteiger partial charge in [0.25, 0.3) is 12.9 Å². The van der Waals surface area contributed by atoms with E-state index in [-0.39, 0.29) is 21.2 Å².